The second-order valence-corrected chi connectivity index (χ2v) is 3.44. The molecule has 1 rings (SSSR count). The Bertz CT molecular complexity index is 144. The van der Waals surface area contributed by atoms with Gasteiger partial charge in [-0.3, -0.25) is 4.79 Å². The summed E-state index contributed by atoms with van der Waals surface area (Å²) in [5.74, 6) is 0.684. The summed E-state index contributed by atoms with van der Waals surface area (Å²) in [6.45, 7) is 1.93. The fraction of sp³-hybridized carbons (Fsp3) is 0.889. The SMILES string of the molecule is CCC(=O)[C@@H]1CCC[C@@H](N)C1. The van der Waals surface area contributed by atoms with Gasteiger partial charge in [-0.05, 0) is 19.3 Å². The normalized spacial score (nSPS) is 31.8. The zero-order valence-corrected chi connectivity index (χ0v) is 7.18. The fourth-order valence-corrected chi connectivity index (χ4v) is 1.81. The van der Waals surface area contributed by atoms with Crippen LogP contribution in [0.4, 0.5) is 0 Å². The first-order valence-electron chi connectivity index (χ1n) is 4.52. The predicted octanol–water partition coefficient (Wildman–Crippen LogP) is 1.48. The first-order chi connectivity index (χ1) is 5.24. The summed E-state index contributed by atoms with van der Waals surface area (Å²) in [7, 11) is 0. The van der Waals surface area contributed by atoms with Crippen molar-refractivity contribution < 1.29 is 4.79 Å². The van der Waals surface area contributed by atoms with E-state index in [-0.39, 0.29) is 12.0 Å². The minimum absolute atomic E-state index is 0.281. The van der Waals surface area contributed by atoms with E-state index in [1.165, 1.54) is 0 Å². The predicted molar refractivity (Wildman–Crippen MR) is 45.2 cm³/mol. The van der Waals surface area contributed by atoms with Crippen molar-refractivity contribution in [2.45, 2.75) is 45.1 Å². The molecule has 0 aromatic heterocycles. The number of hydrogen-bond acceptors (Lipinski definition) is 2. The number of carbonyl (C=O) groups is 1. The van der Waals surface area contributed by atoms with E-state index >= 15 is 0 Å². The van der Waals surface area contributed by atoms with Crippen LogP contribution in [-0.4, -0.2) is 11.8 Å². The van der Waals surface area contributed by atoms with Crippen LogP contribution in [0.1, 0.15) is 39.0 Å². The van der Waals surface area contributed by atoms with Gasteiger partial charge >= 0.3 is 0 Å². The standard InChI is InChI=1S/C9H17NO/c1-2-9(11)7-4-3-5-8(10)6-7/h7-8H,2-6,10H2,1H3/t7-,8-/m1/s1. The van der Waals surface area contributed by atoms with Gasteiger partial charge in [0.2, 0.25) is 0 Å². The van der Waals surface area contributed by atoms with E-state index in [2.05, 4.69) is 0 Å². The lowest BCUT2D eigenvalue weighted by Gasteiger charge is -2.24. The molecule has 2 atom stereocenters. The van der Waals surface area contributed by atoms with Crippen LogP contribution in [0.3, 0.4) is 0 Å². The molecule has 0 radical (unpaired) electrons. The molecule has 0 spiro atoms. The number of rotatable bonds is 2. The molecular weight excluding hydrogens is 138 g/mol. The number of carbonyl (C=O) groups excluding carboxylic acids is 1. The molecule has 0 unspecified atom stereocenters. The number of Topliss-reactive ketones (excluding diaryl/α,β-unsaturated/α-hetero) is 1. The van der Waals surface area contributed by atoms with Gasteiger partial charge in [0.25, 0.3) is 0 Å². The first kappa shape index (κ1) is 8.72. The lowest BCUT2D eigenvalue weighted by atomic mass is 9.83. The Hall–Kier alpha value is -0.370. The third-order valence-corrected chi connectivity index (χ3v) is 2.52. The van der Waals surface area contributed by atoms with Gasteiger partial charge in [-0.1, -0.05) is 13.3 Å². The van der Waals surface area contributed by atoms with Crippen molar-refractivity contribution in [2.24, 2.45) is 11.7 Å². The van der Waals surface area contributed by atoms with E-state index in [9.17, 15) is 4.79 Å². The van der Waals surface area contributed by atoms with Crippen molar-refractivity contribution in [1.29, 1.82) is 0 Å². The van der Waals surface area contributed by atoms with E-state index in [0.717, 1.165) is 25.7 Å². The van der Waals surface area contributed by atoms with E-state index in [1.54, 1.807) is 0 Å². The van der Waals surface area contributed by atoms with Crippen LogP contribution in [0, 0.1) is 5.92 Å². The second kappa shape index (κ2) is 3.86. The lowest BCUT2D eigenvalue weighted by molar-refractivity contribution is -0.123. The summed E-state index contributed by atoms with van der Waals surface area (Å²) in [4.78, 5) is 11.3. The summed E-state index contributed by atoms with van der Waals surface area (Å²) in [6, 6.07) is 0.282. The highest BCUT2D eigenvalue weighted by atomic mass is 16.1. The fourth-order valence-electron chi connectivity index (χ4n) is 1.81. The summed E-state index contributed by atoms with van der Waals surface area (Å²) in [5.41, 5.74) is 5.77. The van der Waals surface area contributed by atoms with Gasteiger partial charge < -0.3 is 5.73 Å². The van der Waals surface area contributed by atoms with E-state index in [0.29, 0.717) is 12.2 Å². The topological polar surface area (TPSA) is 43.1 Å². The van der Waals surface area contributed by atoms with Crippen molar-refractivity contribution in [3.05, 3.63) is 0 Å². The van der Waals surface area contributed by atoms with Gasteiger partial charge in [-0.15, -0.1) is 0 Å². The van der Waals surface area contributed by atoms with Gasteiger partial charge in [0.1, 0.15) is 5.78 Å². The summed E-state index contributed by atoms with van der Waals surface area (Å²) in [6.07, 6.45) is 4.91. The molecule has 0 aromatic carbocycles. The minimum Gasteiger partial charge on any atom is -0.328 e. The monoisotopic (exact) mass is 155 g/mol. The molecule has 0 heterocycles. The van der Waals surface area contributed by atoms with Crippen LogP contribution in [0.2, 0.25) is 0 Å². The van der Waals surface area contributed by atoms with Crippen molar-refractivity contribution in [3.8, 4) is 0 Å². The van der Waals surface area contributed by atoms with Crippen molar-refractivity contribution in [3.63, 3.8) is 0 Å². The molecular formula is C9H17NO. The van der Waals surface area contributed by atoms with Crippen LogP contribution >= 0.6 is 0 Å². The maximum atomic E-state index is 11.3. The van der Waals surface area contributed by atoms with Gasteiger partial charge in [0.15, 0.2) is 0 Å². The molecule has 2 N–H and O–H groups in total. The number of hydrogen-bond donors (Lipinski definition) is 1. The molecule has 2 heteroatoms. The molecule has 0 amide bonds. The van der Waals surface area contributed by atoms with Crippen molar-refractivity contribution >= 4 is 5.78 Å². The largest absolute Gasteiger partial charge is 0.328 e. The minimum atomic E-state index is 0.281. The lowest BCUT2D eigenvalue weighted by Crippen LogP contribution is -2.31. The van der Waals surface area contributed by atoms with Crippen LogP contribution in [0.5, 0.6) is 0 Å². The summed E-state index contributed by atoms with van der Waals surface area (Å²) in [5, 5.41) is 0. The molecule has 0 aromatic rings. The molecule has 11 heavy (non-hydrogen) atoms. The molecule has 1 aliphatic rings. The maximum absolute atomic E-state index is 11.3. The van der Waals surface area contributed by atoms with Crippen LogP contribution in [-0.2, 0) is 4.79 Å². The van der Waals surface area contributed by atoms with Gasteiger partial charge in [-0.25, -0.2) is 0 Å². The van der Waals surface area contributed by atoms with E-state index < -0.39 is 0 Å². The van der Waals surface area contributed by atoms with Gasteiger partial charge in [0.05, 0.1) is 0 Å². The van der Waals surface area contributed by atoms with Crippen molar-refractivity contribution in [1.82, 2.24) is 0 Å². The Balaban J connectivity index is 2.39. The highest BCUT2D eigenvalue weighted by molar-refractivity contribution is 5.80. The molecule has 1 fully saturated rings. The summed E-state index contributed by atoms with van der Waals surface area (Å²) >= 11 is 0. The summed E-state index contributed by atoms with van der Waals surface area (Å²) < 4.78 is 0. The zero-order valence-electron chi connectivity index (χ0n) is 7.18. The molecule has 0 saturated heterocycles. The molecule has 2 nitrogen and oxygen atoms in total. The van der Waals surface area contributed by atoms with Crippen molar-refractivity contribution in [2.75, 3.05) is 0 Å². The quantitative estimate of drug-likeness (QED) is 0.656. The molecule has 0 aliphatic heterocycles. The zero-order chi connectivity index (χ0) is 8.27. The Morgan fingerprint density at radius 1 is 1.55 bits per heavy atom. The highest BCUT2D eigenvalue weighted by Crippen LogP contribution is 2.24. The van der Waals surface area contributed by atoms with Gasteiger partial charge in [-0.2, -0.15) is 0 Å². The molecule has 1 aliphatic carbocycles. The van der Waals surface area contributed by atoms with E-state index in [1.807, 2.05) is 6.92 Å². The number of nitrogens with two attached hydrogens (primary N) is 1. The molecule has 1 saturated carbocycles. The van der Waals surface area contributed by atoms with E-state index in [4.69, 9.17) is 5.73 Å². The average Bonchev–Trinajstić information content (AvgIpc) is 2.03. The smallest absolute Gasteiger partial charge is 0.135 e. The Labute approximate surface area is 68.2 Å². The Morgan fingerprint density at radius 2 is 2.27 bits per heavy atom. The average molecular weight is 155 g/mol. The maximum Gasteiger partial charge on any atom is 0.135 e. The van der Waals surface area contributed by atoms with Crippen LogP contribution < -0.4 is 5.73 Å². The Kier molecular flexibility index (Phi) is 3.06. The highest BCUT2D eigenvalue weighted by Gasteiger charge is 2.23. The second-order valence-electron chi connectivity index (χ2n) is 3.44. The third-order valence-electron chi connectivity index (χ3n) is 2.52. The molecule has 0 bridgehead atoms. The number of ketones is 1. The Morgan fingerprint density at radius 3 is 2.82 bits per heavy atom. The van der Waals surface area contributed by atoms with Crippen LogP contribution in [0.25, 0.3) is 0 Å². The first-order valence-corrected chi connectivity index (χ1v) is 4.52. The third kappa shape index (κ3) is 2.29. The molecule has 64 valence electrons. The van der Waals surface area contributed by atoms with Crippen LogP contribution in [0.15, 0.2) is 0 Å². The van der Waals surface area contributed by atoms with Gasteiger partial charge in [0, 0.05) is 18.4 Å².